The Bertz CT molecular complexity index is 307. The highest BCUT2D eigenvalue weighted by molar-refractivity contribution is 5.06. The molecular weight excluding hydrogens is 202 g/mol. The quantitative estimate of drug-likeness (QED) is 0.808. The lowest BCUT2D eigenvalue weighted by Gasteiger charge is -2.25. The molecule has 1 atom stereocenters. The van der Waals surface area contributed by atoms with Crippen LogP contribution in [-0.4, -0.2) is 23.1 Å². The van der Waals surface area contributed by atoms with Crippen LogP contribution in [-0.2, 0) is 13.2 Å². The number of nitrogens with zero attached hydrogens (tertiary/aromatic N) is 1. The average Bonchev–Trinajstić information content (AvgIpc) is 2.64. The van der Waals surface area contributed by atoms with Crippen LogP contribution in [0.25, 0.3) is 0 Å². The zero-order valence-corrected chi connectivity index (χ0v) is 10.7. The Kier molecular flexibility index (Phi) is 5.03. The first-order chi connectivity index (χ1) is 7.52. The van der Waals surface area contributed by atoms with Crippen molar-refractivity contribution in [3.8, 4) is 0 Å². The summed E-state index contributed by atoms with van der Waals surface area (Å²) >= 11 is 0. The lowest BCUT2D eigenvalue weighted by Crippen LogP contribution is -2.29. The Morgan fingerprint density at radius 1 is 1.25 bits per heavy atom. The van der Waals surface area contributed by atoms with E-state index in [1.165, 1.54) is 6.42 Å². The molecule has 3 nitrogen and oxygen atoms in total. The Morgan fingerprint density at radius 3 is 2.38 bits per heavy atom. The zero-order valence-electron chi connectivity index (χ0n) is 10.7. The minimum atomic E-state index is -0.0226. The van der Waals surface area contributed by atoms with Crippen LogP contribution < -0.4 is 0 Å². The summed E-state index contributed by atoms with van der Waals surface area (Å²) in [4.78, 5) is 2.28. The van der Waals surface area contributed by atoms with Crippen LogP contribution in [0.3, 0.4) is 0 Å². The lowest BCUT2D eigenvalue weighted by molar-refractivity contribution is 0.195. The van der Waals surface area contributed by atoms with Gasteiger partial charge in [0, 0.05) is 6.04 Å². The van der Waals surface area contributed by atoms with Gasteiger partial charge in [-0.15, -0.1) is 0 Å². The standard InChI is InChI=1S/C13H23NO2/c1-10(2)7-11(3)14(4)8-12-5-6-13(9-15)16-12/h5-6,10-11,15H,7-9H2,1-4H3. The summed E-state index contributed by atoms with van der Waals surface area (Å²) in [5.41, 5.74) is 0. The summed E-state index contributed by atoms with van der Waals surface area (Å²) in [5.74, 6) is 2.27. The average molecular weight is 225 g/mol. The lowest BCUT2D eigenvalue weighted by atomic mass is 10.0. The van der Waals surface area contributed by atoms with Gasteiger partial charge in [0.2, 0.25) is 0 Å². The van der Waals surface area contributed by atoms with Crippen LogP contribution >= 0.6 is 0 Å². The number of hydrogen-bond acceptors (Lipinski definition) is 3. The van der Waals surface area contributed by atoms with Gasteiger partial charge in [-0.3, -0.25) is 4.90 Å². The number of furan rings is 1. The second kappa shape index (κ2) is 6.06. The van der Waals surface area contributed by atoms with E-state index in [2.05, 4.69) is 32.7 Å². The van der Waals surface area contributed by atoms with E-state index >= 15 is 0 Å². The molecule has 1 aromatic rings. The maximum Gasteiger partial charge on any atom is 0.129 e. The predicted molar refractivity (Wildman–Crippen MR) is 65.0 cm³/mol. The minimum Gasteiger partial charge on any atom is -0.462 e. The molecule has 1 unspecified atom stereocenters. The van der Waals surface area contributed by atoms with Gasteiger partial charge >= 0.3 is 0 Å². The van der Waals surface area contributed by atoms with E-state index in [4.69, 9.17) is 9.52 Å². The fourth-order valence-electron chi connectivity index (χ4n) is 1.86. The monoisotopic (exact) mass is 225 g/mol. The van der Waals surface area contributed by atoms with Gasteiger partial charge in [0.1, 0.15) is 18.1 Å². The van der Waals surface area contributed by atoms with Gasteiger partial charge in [-0.1, -0.05) is 13.8 Å². The van der Waals surface area contributed by atoms with Crippen molar-refractivity contribution in [2.45, 2.75) is 46.4 Å². The SMILES string of the molecule is CC(C)CC(C)N(C)Cc1ccc(CO)o1. The van der Waals surface area contributed by atoms with Gasteiger partial charge in [-0.2, -0.15) is 0 Å². The van der Waals surface area contributed by atoms with Crippen molar-refractivity contribution in [1.82, 2.24) is 4.90 Å². The Hall–Kier alpha value is -0.800. The van der Waals surface area contributed by atoms with Crippen molar-refractivity contribution < 1.29 is 9.52 Å². The number of aliphatic hydroxyl groups is 1. The van der Waals surface area contributed by atoms with Crippen LogP contribution in [0.5, 0.6) is 0 Å². The molecule has 0 spiro atoms. The number of hydrogen-bond donors (Lipinski definition) is 1. The van der Waals surface area contributed by atoms with Crippen molar-refractivity contribution in [2.75, 3.05) is 7.05 Å². The van der Waals surface area contributed by atoms with Crippen molar-refractivity contribution in [3.05, 3.63) is 23.7 Å². The van der Waals surface area contributed by atoms with Gasteiger partial charge < -0.3 is 9.52 Å². The molecule has 0 aliphatic carbocycles. The maximum atomic E-state index is 8.91. The highest BCUT2D eigenvalue weighted by Crippen LogP contribution is 2.14. The molecule has 0 aliphatic rings. The van der Waals surface area contributed by atoms with Crippen LogP contribution in [0.2, 0.25) is 0 Å². The van der Waals surface area contributed by atoms with Crippen LogP contribution in [0.4, 0.5) is 0 Å². The molecule has 0 aliphatic heterocycles. The Morgan fingerprint density at radius 2 is 1.88 bits per heavy atom. The number of aliphatic hydroxyl groups excluding tert-OH is 1. The van der Waals surface area contributed by atoms with E-state index in [0.717, 1.165) is 12.3 Å². The summed E-state index contributed by atoms with van der Waals surface area (Å²) in [7, 11) is 2.11. The second-order valence-electron chi connectivity index (χ2n) is 4.92. The zero-order chi connectivity index (χ0) is 12.1. The largest absolute Gasteiger partial charge is 0.462 e. The van der Waals surface area contributed by atoms with Gasteiger partial charge in [-0.25, -0.2) is 0 Å². The molecule has 0 aromatic carbocycles. The third-order valence-electron chi connectivity index (χ3n) is 2.84. The fraction of sp³-hybridized carbons (Fsp3) is 0.692. The van der Waals surface area contributed by atoms with E-state index in [9.17, 15) is 0 Å². The molecule has 16 heavy (non-hydrogen) atoms. The second-order valence-corrected chi connectivity index (χ2v) is 4.92. The normalized spacial score (nSPS) is 13.7. The van der Waals surface area contributed by atoms with E-state index in [1.54, 1.807) is 0 Å². The molecule has 0 saturated carbocycles. The highest BCUT2D eigenvalue weighted by Gasteiger charge is 2.12. The van der Waals surface area contributed by atoms with Gasteiger partial charge in [-0.05, 0) is 38.4 Å². The molecule has 3 heteroatoms. The van der Waals surface area contributed by atoms with E-state index < -0.39 is 0 Å². The molecular formula is C13H23NO2. The molecule has 1 aromatic heterocycles. The van der Waals surface area contributed by atoms with Gasteiger partial charge in [0.05, 0.1) is 6.54 Å². The third-order valence-corrected chi connectivity index (χ3v) is 2.84. The van der Waals surface area contributed by atoms with E-state index in [1.807, 2.05) is 12.1 Å². The van der Waals surface area contributed by atoms with Crippen molar-refractivity contribution >= 4 is 0 Å². The maximum absolute atomic E-state index is 8.91. The molecule has 1 heterocycles. The molecule has 0 bridgehead atoms. The van der Waals surface area contributed by atoms with E-state index in [0.29, 0.717) is 17.7 Å². The first-order valence-electron chi connectivity index (χ1n) is 5.91. The third kappa shape index (κ3) is 3.99. The summed E-state index contributed by atoms with van der Waals surface area (Å²) in [6.07, 6.45) is 1.18. The highest BCUT2D eigenvalue weighted by atomic mass is 16.4. The predicted octanol–water partition coefficient (Wildman–Crippen LogP) is 2.64. The van der Waals surface area contributed by atoms with E-state index in [-0.39, 0.29) is 6.61 Å². The van der Waals surface area contributed by atoms with Crippen LogP contribution in [0, 0.1) is 5.92 Å². The van der Waals surface area contributed by atoms with Crippen molar-refractivity contribution in [2.24, 2.45) is 5.92 Å². The van der Waals surface area contributed by atoms with Crippen LogP contribution in [0.1, 0.15) is 38.7 Å². The minimum absolute atomic E-state index is 0.0226. The molecule has 1 N–H and O–H groups in total. The van der Waals surface area contributed by atoms with Crippen molar-refractivity contribution in [1.29, 1.82) is 0 Å². The summed E-state index contributed by atoms with van der Waals surface area (Å²) in [6, 6.07) is 4.31. The topological polar surface area (TPSA) is 36.6 Å². The first kappa shape index (κ1) is 13.3. The van der Waals surface area contributed by atoms with Crippen LogP contribution in [0.15, 0.2) is 16.5 Å². The molecule has 0 fully saturated rings. The molecule has 0 radical (unpaired) electrons. The Labute approximate surface area is 98.1 Å². The van der Waals surface area contributed by atoms with Gasteiger partial charge in [0.15, 0.2) is 0 Å². The summed E-state index contributed by atoms with van der Waals surface area (Å²) in [6.45, 7) is 7.48. The van der Waals surface area contributed by atoms with Gasteiger partial charge in [0.25, 0.3) is 0 Å². The first-order valence-corrected chi connectivity index (χ1v) is 5.91. The number of rotatable bonds is 6. The molecule has 0 saturated heterocycles. The molecule has 1 rings (SSSR count). The summed E-state index contributed by atoms with van der Waals surface area (Å²) in [5, 5.41) is 8.91. The smallest absolute Gasteiger partial charge is 0.129 e. The van der Waals surface area contributed by atoms with Crippen molar-refractivity contribution in [3.63, 3.8) is 0 Å². The molecule has 0 amide bonds. The fourth-order valence-corrected chi connectivity index (χ4v) is 1.86. The Balaban J connectivity index is 2.46. The molecule has 92 valence electrons. The summed E-state index contributed by atoms with van der Waals surface area (Å²) < 4.78 is 5.47.